The summed E-state index contributed by atoms with van der Waals surface area (Å²) in [6.45, 7) is 0. The maximum atomic E-state index is 11.9. The van der Waals surface area contributed by atoms with Crippen molar-refractivity contribution in [3.05, 3.63) is 23.7 Å². The van der Waals surface area contributed by atoms with Crippen LogP contribution in [0.15, 0.2) is 23.7 Å². The van der Waals surface area contributed by atoms with Gasteiger partial charge in [-0.05, 0) is 0 Å². The van der Waals surface area contributed by atoms with Crippen molar-refractivity contribution in [2.24, 2.45) is 0 Å². The quantitative estimate of drug-likeness (QED) is 0.341. The minimum absolute atomic E-state index is 0.903. The summed E-state index contributed by atoms with van der Waals surface area (Å²) in [5.74, 6) is 0. The zero-order chi connectivity index (χ0) is 16.4. The SMILES string of the molecule is O=C(F)/C(=C/OC=C(C(F)(F)F)C(F)(F)F)C(F)(F)F. The first-order valence-electron chi connectivity index (χ1n) is 4.14. The lowest BCUT2D eigenvalue weighted by Crippen LogP contribution is -2.26. The molecule has 116 valence electrons. The van der Waals surface area contributed by atoms with E-state index in [4.69, 9.17) is 0 Å². The molecule has 0 aliphatic rings. The van der Waals surface area contributed by atoms with Crippen molar-refractivity contribution in [2.45, 2.75) is 18.5 Å². The topological polar surface area (TPSA) is 26.3 Å². The van der Waals surface area contributed by atoms with E-state index < -0.39 is 48.2 Å². The third-order valence-corrected chi connectivity index (χ3v) is 1.50. The maximum absolute atomic E-state index is 11.9. The fourth-order valence-corrected chi connectivity index (χ4v) is 0.689. The number of ether oxygens (including phenoxy) is 1. The zero-order valence-corrected chi connectivity index (χ0v) is 8.75. The Kier molecular flexibility index (Phi) is 5.21. The fraction of sp³-hybridized carbons (Fsp3) is 0.375. The molecule has 0 N–H and O–H groups in total. The molecular weight excluding hydrogens is 318 g/mol. The lowest BCUT2D eigenvalue weighted by Gasteiger charge is -2.14. The van der Waals surface area contributed by atoms with Crippen molar-refractivity contribution < 1.29 is 53.4 Å². The van der Waals surface area contributed by atoms with E-state index in [1.807, 2.05) is 0 Å². The van der Waals surface area contributed by atoms with E-state index in [9.17, 15) is 48.7 Å². The third-order valence-electron chi connectivity index (χ3n) is 1.50. The van der Waals surface area contributed by atoms with Gasteiger partial charge in [0.1, 0.15) is 12.5 Å². The van der Waals surface area contributed by atoms with Crippen LogP contribution in [0, 0.1) is 0 Å². The van der Waals surface area contributed by atoms with Crippen LogP contribution in [0.4, 0.5) is 43.9 Å². The second-order valence-electron chi connectivity index (χ2n) is 2.97. The molecule has 0 rings (SSSR count). The van der Waals surface area contributed by atoms with Crippen molar-refractivity contribution in [2.75, 3.05) is 0 Å². The molecule has 0 aliphatic heterocycles. The first-order valence-corrected chi connectivity index (χ1v) is 4.14. The first-order chi connectivity index (χ1) is 8.67. The highest BCUT2D eigenvalue weighted by Crippen LogP contribution is 2.38. The molecule has 0 spiro atoms. The summed E-state index contributed by atoms with van der Waals surface area (Å²) in [4.78, 5) is 9.86. The number of carbonyl (C=O) groups is 1. The standard InChI is InChI=1S/C8H2F10O2/c9-5(19)3(6(10,11)12)1-20-2-4(7(13,14)15)8(16,17)18/h1-2H/b3-1-. The van der Waals surface area contributed by atoms with Crippen molar-refractivity contribution in [3.8, 4) is 0 Å². The van der Waals surface area contributed by atoms with Crippen molar-refractivity contribution >= 4 is 6.04 Å². The average molecular weight is 320 g/mol. The van der Waals surface area contributed by atoms with Gasteiger partial charge in [0.25, 0.3) is 0 Å². The van der Waals surface area contributed by atoms with Crippen molar-refractivity contribution in [1.29, 1.82) is 0 Å². The number of alkyl halides is 9. The molecule has 0 saturated heterocycles. The van der Waals surface area contributed by atoms with Crippen LogP contribution in [0.1, 0.15) is 0 Å². The van der Waals surface area contributed by atoms with Gasteiger partial charge in [-0.1, -0.05) is 0 Å². The van der Waals surface area contributed by atoms with Crippen molar-refractivity contribution in [1.82, 2.24) is 0 Å². The second-order valence-corrected chi connectivity index (χ2v) is 2.97. The Morgan fingerprint density at radius 3 is 1.40 bits per heavy atom. The van der Waals surface area contributed by atoms with E-state index in [2.05, 4.69) is 4.74 Å². The van der Waals surface area contributed by atoms with E-state index in [1.54, 1.807) is 0 Å². The van der Waals surface area contributed by atoms with Gasteiger partial charge >= 0.3 is 24.6 Å². The molecule has 12 heteroatoms. The first kappa shape index (κ1) is 18.2. The molecule has 2 nitrogen and oxygen atoms in total. The van der Waals surface area contributed by atoms with Crippen molar-refractivity contribution in [3.63, 3.8) is 0 Å². The molecule has 0 unspecified atom stereocenters. The number of carbonyl (C=O) groups excluding carboxylic acids is 1. The molecule has 0 aliphatic carbocycles. The summed E-state index contributed by atoms with van der Waals surface area (Å²) in [7, 11) is 0. The Morgan fingerprint density at radius 2 is 1.15 bits per heavy atom. The van der Waals surface area contributed by atoms with Gasteiger partial charge in [-0.25, -0.2) is 0 Å². The van der Waals surface area contributed by atoms with Gasteiger partial charge in [0, 0.05) is 0 Å². The molecule has 0 aromatic carbocycles. The molecule has 0 atom stereocenters. The Morgan fingerprint density at radius 1 is 0.750 bits per heavy atom. The summed E-state index contributed by atoms with van der Waals surface area (Å²) < 4.78 is 122. The molecule has 0 fully saturated rings. The summed E-state index contributed by atoms with van der Waals surface area (Å²) in [5.41, 5.74) is -5.97. The highest BCUT2D eigenvalue weighted by Gasteiger charge is 2.51. The van der Waals surface area contributed by atoms with E-state index >= 15 is 0 Å². The van der Waals surface area contributed by atoms with Gasteiger partial charge in [-0.2, -0.15) is 43.9 Å². The van der Waals surface area contributed by atoms with E-state index in [0.29, 0.717) is 0 Å². The molecule has 0 aromatic rings. The van der Waals surface area contributed by atoms with Crippen LogP contribution in [-0.4, -0.2) is 24.6 Å². The summed E-state index contributed by atoms with van der Waals surface area (Å²) in [6.07, 6.45) is -19.6. The molecule has 20 heavy (non-hydrogen) atoms. The van der Waals surface area contributed by atoms with E-state index in [-0.39, 0.29) is 0 Å². The van der Waals surface area contributed by atoms with Crippen LogP contribution in [0.3, 0.4) is 0 Å². The number of halogens is 10. The minimum Gasteiger partial charge on any atom is -0.471 e. The molecule has 0 amide bonds. The highest BCUT2D eigenvalue weighted by molar-refractivity contribution is 5.88. The second kappa shape index (κ2) is 5.71. The van der Waals surface area contributed by atoms with Crippen LogP contribution in [-0.2, 0) is 9.53 Å². The average Bonchev–Trinajstić information content (AvgIpc) is 2.09. The summed E-state index contributed by atoms with van der Waals surface area (Å²) in [5, 5.41) is 0. The van der Waals surface area contributed by atoms with Gasteiger partial charge in [0.15, 0.2) is 11.1 Å². The number of hydrogen-bond donors (Lipinski definition) is 0. The molecular formula is C8H2F10O2. The molecule has 0 radical (unpaired) electrons. The maximum Gasteiger partial charge on any atom is 0.425 e. The molecule has 0 bridgehead atoms. The van der Waals surface area contributed by atoms with Gasteiger partial charge in [-0.15, -0.1) is 0 Å². The minimum atomic E-state index is -5.97. The summed E-state index contributed by atoms with van der Waals surface area (Å²) in [6, 6.07) is -3.13. The molecule has 0 aromatic heterocycles. The number of allylic oxidation sites excluding steroid dienone is 2. The Bertz CT molecular complexity index is 406. The third kappa shape index (κ3) is 5.48. The normalized spacial score (nSPS) is 14.0. The number of rotatable bonds is 3. The summed E-state index contributed by atoms with van der Waals surface area (Å²) >= 11 is 0. The fourth-order valence-electron chi connectivity index (χ4n) is 0.689. The zero-order valence-electron chi connectivity index (χ0n) is 8.75. The Hall–Kier alpha value is -1.75. The predicted octanol–water partition coefficient (Wildman–Crippen LogP) is 3.95. The van der Waals surface area contributed by atoms with Crippen LogP contribution in [0.2, 0.25) is 0 Å². The van der Waals surface area contributed by atoms with Gasteiger partial charge in [-0.3, -0.25) is 4.79 Å². The van der Waals surface area contributed by atoms with Crippen LogP contribution in [0.25, 0.3) is 0 Å². The Labute approximate surface area is 103 Å². The van der Waals surface area contributed by atoms with E-state index in [1.165, 1.54) is 0 Å². The predicted molar refractivity (Wildman–Crippen MR) is 41.5 cm³/mol. The largest absolute Gasteiger partial charge is 0.471 e. The van der Waals surface area contributed by atoms with Crippen LogP contribution < -0.4 is 0 Å². The van der Waals surface area contributed by atoms with Gasteiger partial charge in [0.05, 0.1) is 0 Å². The van der Waals surface area contributed by atoms with E-state index in [0.717, 1.165) is 0 Å². The van der Waals surface area contributed by atoms with Crippen LogP contribution >= 0.6 is 0 Å². The van der Waals surface area contributed by atoms with Gasteiger partial charge < -0.3 is 4.74 Å². The molecule has 0 saturated carbocycles. The Balaban J connectivity index is 5.40. The smallest absolute Gasteiger partial charge is 0.425 e. The number of hydrogen-bond acceptors (Lipinski definition) is 2. The molecule has 0 heterocycles. The lowest BCUT2D eigenvalue weighted by molar-refractivity contribution is -0.174. The lowest BCUT2D eigenvalue weighted by atomic mass is 10.3. The monoisotopic (exact) mass is 320 g/mol. The van der Waals surface area contributed by atoms with Gasteiger partial charge in [0.2, 0.25) is 0 Å². The highest BCUT2D eigenvalue weighted by atomic mass is 19.4. The van der Waals surface area contributed by atoms with Crippen LogP contribution in [0.5, 0.6) is 0 Å².